The molecule has 0 unspecified atom stereocenters. The first-order valence-corrected chi connectivity index (χ1v) is 14.3. The average molecular weight is 576 g/mol. The van der Waals surface area contributed by atoms with Crippen LogP contribution < -0.4 is 14.4 Å². The summed E-state index contributed by atoms with van der Waals surface area (Å²) >= 11 is 0. The van der Waals surface area contributed by atoms with E-state index in [1.807, 2.05) is 18.2 Å². The third kappa shape index (κ3) is 7.09. The number of sulfonamides is 1. The molecule has 0 aliphatic rings. The summed E-state index contributed by atoms with van der Waals surface area (Å²) < 4.78 is 49.0. The Hall–Kier alpha value is -4.70. The molecule has 0 aliphatic carbocycles. The van der Waals surface area contributed by atoms with Gasteiger partial charge < -0.3 is 15.0 Å². The summed E-state index contributed by atoms with van der Waals surface area (Å²) in [5, 5.41) is 2.50. The number of likely N-dealkylation sites (N-methyl/N-ethyl adjacent to an activating group) is 1. The number of benzene rings is 4. The molecule has 0 heterocycles. The fourth-order valence-electron chi connectivity index (χ4n) is 4.16. The first kappa shape index (κ1) is 29.3. The van der Waals surface area contributed by atoms with Gasteiger partial charge in [0.1, 0.15) is 29.9 Å². The van der Waals surface area contributed by atoms with Crippen LogP contribution in [0.4, 0.5) is 10.1 Å². The van der Waals surface area contributed by atoms with Gasteiger partial charge in [-0.3, -0.25) is 13.9 Å². The number of carbonyl (C=O) groups is 2. The van der Waals surface area contributed by atoms with Crippen molar-refractivity contribution in [2.24, 2.45) is 0 Å². The molecule has 2 amide bonds. The number of hydrogen-bond acceptors (Lipinski definition) is 5. The van der Waals surface area contributed by atoms with Gasteiger partial charge in [-0.25, -0.2) is 12.8 Å². The van der Waals surface area contributed by atoms with Gasteiger partial charge >= 0.3 is 0 Å². The molecule has 1 N–H and O–H groups in total. The van der Waals surface area contributed by atoms with Crippen molar-refractivity contribution < 1.29 is 27.1 Å². The predicted octanol–water partition coefficient (Wildman–Crippen LogP) is 4.98. The Balaban J connectivity index is 1.69. The number of anilines is 1. The van der Waals surface area contributed by atoms with Gasteiger partial charge in [0.15, 0.2) is 0 Å². The third-order valence-corrected chi connectivity index (χ3v) is 8.21. The molecule has 0 fully saturated rings. The second kappa shape index (κ2) is 13.1. The van der Waals surface area contributed by atoms with E-state index >= 15 is 0 Å². The maximum atomic E-state index is 14.5. The van der Waals surface area contributed by atoms with Gasteiger partial charge in [0.25, 0.3) is 10.0 Å². The Morgan fingerprint density at radius 1 is 0.829 bits per heavy atom. The maximum Gasteiger partial charge on any atom is 0.264 e. The number of para-hydroxylation sites is 1. The van der Waals surface area contributed by atoms with E-state index in [1.54, 1.807) is 48.5 Å². The lowest BCUT2D eigenvalue weighted by atomic mass is 10.1. The number of carbonyl (C=O) groups excluding carboxylic acids is 2. The number of amides is 2. The van der Waals surface area contributed by atoms with Gasteiger partial charge in [0, 0.05) is 19.2 Å². The largest absolute Gasteiger partial charge is 0.457 e. The molecule has 10 heteroatoms. The van der Waals surface area contributed by atoms with E-state index in [-0.39, 0.29) is 22.7 Å². The molecular weight excluding hydrogens is 545 g/mol. The van der Waals surface area contributed by atoms with E-state index in [0.29, 0.717) is 11.5 Å². The van der Waals surface area contributed by atoms with Gasteiger partial charge in [0.05, 0.1) is 10.6 Å². The second-order valence-electron chi connectivity index (χ2n) is 9.14. The molecule has 1 atom stereocenters. The molecule has 0 aliphatic heterocycles. The fourth-order valence-corrected chi connectivity index (χ4v) is 5.59. The Bertz CT molecular complexity index is 1580. The molecule has 0 spiro atoms. The molecule has 4 aromatic carbocycles. The monoisotopic (exact) mass is 575 g/mol. The van der Waals surface area contributed by atoms with Crippen molar-refractivity contribution in [3.8, 4) is 11.5 Å². The van der Waals surface area contributed by atoms with Crippen LogP contribution in [0.5, 0.6) is 11.5 Å². The zero-order chi connectivity index (χ0) is 29.4. The number of halogens is 1. The summed E-state index contributed by atoms with van der Waals surface area (Å²) in [5.41, 5.74) is 0.400. The molecule has 41 heavy (non-hydrogen) atoms. The molecule has 4 aromatic rings. The molecule has 0 saturated carbocycles. The van der Waals surface area contributed by atoms with Crippen molar-refractivity contribution in [2.75, 3.05) is 17.9 Å². The van der Waals surface area contributed by atoms with Crippen LogP contribution in [0.25, 0.3) is 0 Å². The average Bonchev–Trinajstić information content (AvgIpc) is 3.00. The van der Waals surface area contributed by atoms with Gasteiger partial charge in [-0.05, 0) is 61.5 Å². The molecule has 0 radical (unpaired) electrons. The highest BCUT2D eigenvalue weighted by Crippen LogP contribution is 2.28. The van der Waals surface area contributed by atoms with E-state index in [2.05, 4.69) is 5.32 Å². The number of rotatable bonds is 11. The number of ether oxygens (including phenoxy) is 1. The van der Waals surface area contributed by atoms with Gasteiger partial charge in [0.2, 0.25) is 11.8 Å². The maximum absolute atomic E-state index is 14.5. The van der Waals surface area contributed by atoms with Crippen LogP contribution in [0.3, 0.4) is 0 Å². The van der Waals surface area contributed by atoms with Crippen LogP contribution in [-0.4, -0.2) is 44.8 Å². The first-order valence-electron chi connectivity index (χ1n) is 12.9. The van der Waals surface area contributed by atoms with Crippen molar-refractivity contribution >= 4 is 27.5 Å². The summed E-state index contributed by atoms with van der Waals surface area (Å²) in [5.74, 6) is -0.630. The topological polar surface area (TPSA) is 96.0 Å². The minimum absolute atomic E-state index is 0.0163. The van der Waals surface area contributed by atoms with E-state index in [4.69, 9.17) is 4.74 Å². The normalized spacial score (nSPS) is 11.8. The smallest absolute Gasteiger partial charge is 0.264 e. The van der Waals surface area contributed by atoms with Crippen LogP contribution >= 0.6 is 0 Å². The van der Waals surface area contributed by atoms with Gasteiger partial charge in [-0.1, -0.05) is 54.6 Å². The van der Waals surface area contributed by atoms with Gasteiger partial charge in [-0.15, -0.1) is 0 Å². The quantitative estimate of drug-likeness (QED) is 0.272. The van der Waals surface area contributed by atoms with Crippen molar-refractivity contribution in [1.82, 2.24) is 10.2 Å². The third-order valence-electron chi connectivity index (χ3n) is 6.43. The lowest BCUT2D eigenvalue weighted by Gasteiger charge is -2.31. The highest BCUT2D eigenvalue weighted by Gasteiger charge is 2.32. The van der Waals surface area contributed by atoms with E-state index in [0.717, 1.165) is 9.21 Å². The highest BCUT2D eigenvalue weighted by atomic mass is 32.2. The molecule has 0 saturated heterocycles. The van der Waals surface area contributed by atoms with Crippen LogP contribution in [0.15, 0.2) is 114 Å². The van der Waals surface area contributed by atoms with Crippen molar-refractivity contribution in [2.45, 2.75) is 24.4 Å². The molecule has 8 nitrogen and oxygen atoms in total. The second-order valence-corrected chi connectivity index (χ2v) is 11.0. The van der Waals surface area contributed by atoms with Crippen molar-refractivity contribution in [3.63, 3.8) is 0 Å². The minimum Gasteiger partial charge on any atom is -0.457 e. The van der Waals surface area contributed by atoms with E-state index in [9.17, 15) is 22.4 Å². The molecule has 0 bridgehead atoms. The fraction of sp³-hybridized carbons (Fsp3) is 0.161. The Kier molecular flexibility index (Phi) is 9.36. The van der Waals surface area contributed by atoms with Crippen LogP contribution in [-0.2, 0) is 26.2 Å². The van der Waals surface area contributed by atoms with Gasteiger partial charge in [-0.2, -0.15) is 0 Å². The Labute approximate surface area is 239 Å². The van der Waals surface area contributed by atoms with Crippen molar-refractivity contribution in [3.05, 3.63) is 121 Å². The minimum atomic E-state index is -4.22. The molecule has 212 valence electrons. The van der Waals surface area contributed by atoms with E-state index in [1.165, 1.54) is 56.4 Å². The highest BCUT2D eigenvalue weighted by molar-refractivity contribution is 7.92. The molecular formula is C31H30FN3O5S. The van der Waals surface area contributed by atoms with E-state index < -0.39 is 40.2 Å². The first-order chi connectivity index (χ1) is 19.7. The summed E-state index contributed by atoms with van der Waals surface area (Å²) in [6.07, 6.45) is 0. The Morgan fingerprint density at radius 3 is 2.00 bits per heavy atom. The zero-order valence-electron chi connectivity index (χ0n) is 22.6. The molecule has 0 aromatic heterocycles. The number of nitrogens with zero attached hydrogens (tertiary/aromatic N) is 2. The van der Waals surface area contributed by atoms with Crippen LogP contribution in [0, 0.1) is 5.82 Å². The summed E-state index contributed by atoms with van der Waals surface area (Å²) in [7, 11) is -2.79. The SMILES string of the molecule is CNC(=O)[C@@H](C)N(Cc1ccccc1F)C(=O)CN(c1ccc(Oc2ccccc2)cc1)S(=O)(=O)c1ccccc1. The Morgan fingerprint density at radius 2 is 1.39 bits per heavy atom. The summed E-state index contributed by atoms with van der Waals surface area (Å²) in [4.78, 5) is 27.5. The van der Waals surface area contributed by atoms with Crippen molar-refractivity contribution in [1.29, 1.82) is 0 Å². The van der Waals surface area contributed by atoms with Crippen LogP contribution in [0.2, 0.25) is 0 Å². The number of nitrogens with one attached hydrogen (secondary N) is 1. The summed E-state index contributed by atoms with van der Waals surface area (Å²) in [6, 6.07) is 28.0. The lowest BCUT2D eigenvalue weighted by molar-refractivity contribution is -0.139. The lowest BCUT2D eigenvalue weighted by Crippen LogP contribution is -2.50. The number of hydrogen-bond donors (Lipinski definition) is 1. The predicted molar refractivity (Wildman–Crippen MR) is 154 cm³/mol. The van der Waals surface area contributed by atoms with Crippen LogP contribution in [0.1, 0.15) is 12.5 Å². The zero-order valence-corrected chi connectivity index (χ0v) is 23.4. The molecule has 4 rings (SSSR count). The summed E-state index contributed by atoms with van der Waals surface area (Å²) in [6.45, 7) is 0.637. The standard InChI is InChI=1S/C31H30FN3O5S/c1-23(31(37)33-2)34(21-24-11-9-10-16-29(24)32)30(36)22-35(41(38,39)28-14-7-4-8-15-28)25-17-19-27(20-18-25)40-26-12-5-3-6-13-26/h3-20,23H,21-22H2,1-2H3,(H,33,37)/t23-/m1/s1.